The number of piperidine rings is 1. The average molecular weight is 463 g/mol. The van der Waals surface area contributed by atoms with Gasteiger partial charge in [-0.05, 0) is 43.2 Å². The number of fused-ring (bicyclic) bond motifs is 1. The van der Waals surface area contributed by atoms with Gasteiger partial charge in [-0.15, -0.1) is 0 Å². The standard InChI is InChI=1S/C24H30N8O2/c1-5-19(33)30(3)17-11-9-16(10-12-17)27-24-28-22-21(25-15-26-22)23(29-24)31(4)18-8-7-13-32(14-18)20(34)6-2/h6,9-12,15,18H,2,5,7-8,13-14H2,1,3-4H3,(H2,25,26,27,28,29). The highest BCUT2D eigenvalue weighted by atomic mass is 16.2. The van der Waals surface area contributed by atoms with E-state index in [-0.39, 0.29) is 17.9 Å². The predicted octanol–water partition coefficient (Wildman–Crippen LogP) is 3.08. The minimum atomic E-state index is -0.0513. The van der Waals surface area contributed by atoms with Gasteiger partial charge in [0.05, 0.1) is 6.33 Å². The lowest BCUT2D eigenvalue weighted by Gasteiger charge is -2.37. The van der Waals surface area contributed by atoms with E-state index in [0.29, 0.717) is 30.4 Å². The van der Waals surface area contributed by atoms with Crippen molar-refractivity contribution < 1.29 is 9.59 Å². The van der Waals surface area contributed by atoms with Gasteiger partial charge in [-0.25, -0.2) is 4.98 Å². The molecule has 0 aliphatic carbocycles. The number of hydrogen-bond acceptors (Lipinski definition) is 7. The van der Waals surface area contributed by atoms with Crippen LogP contribution in [0.4, 0.5) is 23.1 Å². The molecule has 10 nitrogen and oxygen atoms in total. The minimum absolute atomic E-state index is 0.0513. The number of carbonyl (C=O) groups is 2. The van der Waals surface area contributed by atoms with Crippen LogP contribution in [-0.4, -0.2) is 69.9 Å². The van der Waals surface area contributed by atoms with Gasteiger partial charge >= 0.3 is 0 Å². The molecule has 0 bridgehead atoms. The molecule has 0 spiro atoms. The van der Waals surface area contributed by atoms with Crippen molar-refractivity contribution in [3.8, 4) is 0 Å². The van der Waals surface area contributed by atoms with Crippen LogP contribution in [0, 0.1) is 0 Å². The summed E-state index contributed by atoms with van der Waals surface area (Å²) in [5, 5.41) is 3.25. The van der Waals surface area contributed by atoms with Crippen LogP contribution < -0.4 is 15.1 Å². The first-order valence-corrected chi connectivity index (χ1v) is 11.4. The molecule has 34 heavy (non-hydrogen) atoms. The van der Waals surface area contributed by atoms with Gasteiger partial charge in [0.25, 0.3) is 0 Å². The summed E-state index contributed by atoms with van der Waals surface area (Å²) in [7, 11) is 3.74. The Labute approximate surface area is 198 Å². The van der Waals surface area contributed by atoms with Crippen LogP contribution in [0.15, 0.2) is 43.2 Å². The van der Waals surface area contributed by atoms with Gasteiger partial charge in [0, 0.05) is 51.0 Å². The number of likely N-dealkylation sites (tertiary alicyclic amines) is 1. The fourth-order valence-corrected chi connectivity index (χ4v) is 4.18. The van der Waals surface area contributed by atoms with E-state index >= 15 is 0 Å². The molecule has 2 aromatic heterocycles. The summed E-state index contributed by atoms with van der Waals surface area (Å²) in [4.78, 5) is 46.4. The molecule has 1 unspecified atom stereocenters. The lowest BCUT2D eigenvalue weighted by molar-refractivity contribution is -0.127. The van der Waals surface area contributed by atoms with Crippen LogP contribution in [0.3, 0.4) is 0 Å². The van der Waals surface area contributed by atoms with E-state index in [1.807, 2.05) is 43.1 Å². The van der Waals surface area contributed by atoms with Crippen molar-refractivity contribution in [1.82, 2.24) is 24.8 Å². The Kier molecular flexibility index (Phi) is 6.76. The second-order valence-electron chi connectivity index (χ2n) is 8.35. The largest absolute Gasteiger partial charge is 0.353 e. The monoisotopic (exact) mass is 462 g/mol. The van der Waals surface area contributed by atoms with Crippen molar-refractivity contribution in [2.45, 2.75) is 32.2 Å². The Morgan fingerprint density at radius 3 is 2.74 bits per heavy atom. The Balaban J connectivity index is 1.57. The van der Waals surface area contributed by atoms with Crippen molar-refractivity contribution in [2.75, 3.05) is 42.3 Å². The Hall–Kier alpha value is -3.95. The highest BCUT2D eigenvalue weighted by molar-refractivity contribution is 5.92. The normalized spacial score (nSPS) is 15.7. The fraction of sp³-hybridized carbons (Fsp3) is 0.375. The Morgan fingerprint density at radius 2 is 2.03 bits per heavy atom. The second-order valence-corrected chi connectivity index (χ2v) is 8.35. The number of amides is 2. The van der Waals surface area contributed by atoms with E-state index in [2.05, 4.69) is 31.7 Å². The number of imidazole rings is 1. The van der Waals surface area contributed by atoms with Crippen LogP contribution >= 0.6 is 0 Å². The van der Waals surface area contributed by atoms with E-state index in [4.69, 9.17) is 4.98 Å². The number of aromatic amines is 1. The van der Waals surface area contributed by atoms with Crippen LogP contribution in [0.25, 0.3) is 11.2 Å². The van der Waals surface area contributed by atoms with Crippen LogP contribution in [0.5, 0.6) is 0 Å². The topological polar surface area (TPSA) is 110 Å². The van der Waals surface area contributed by atoms with E-state index < -0.39 is 0 Å². The highest BCUT2D eigenvalue weighted by Crippen LogP contribution is 2.28. The fourth-order valence-electron chi connectivity index (χ4n) is 4.18. The summed E-state index contributed by atoms with van der Waals surface area (Å²) < 4.78 is 0. The number of carbonyl (C=O) groups excluding carboxylic acids is 2. The molecular formula is C24H30N8O2. The van der Waals surface area contributed by atoms with E-state index in [1.165, 1.54) is 6.08 Å². The number of likely N-dealkylation sites (N-methyl/N-ethyl adjacent to an activating group) is 1. The van der Waals surface area contributed by atoms with Crippen molar-refractivity contribution in [1.29, 1.82) is 0 Å². The molecule has 1 aromatic carbocycles. The maximum atomic E-state index is 12.1. The SMILES string of the molecule is C=CC(=O)N1CCCC(N(C)c2nc(Nc3ccc(N(C)C(=O)CC)cc3)nc3nc[nH]c23)C1. The molecular weight excluding hydrogens is 432 g/mol. The van der Waals surface area contributed by atoms with Gasteiger partial charge in [-0.1, -0.05) is 13.5 Å². The third-order valence-electron chi connectivity index (χ3n) is 6.22. The highest BCUT2D eigenvalue weighted by Gasteiger charge is 2.27. The molecule has 1 aliphatic rings. The zero-order chi connectivity index (χ0) is 24.2. The first kappa shape index (κ1) is 23.2. The second kappa shape index (κ2) is 9.90. The van der Waals surface area contributed by atoms with Crippen molar-refractivity contribution in [3.63, 3.8) is 0 Å². The van der Waals surface area contributed by atoms with Gasteiger partial charge in [0.1, 0.15) is 5.52 Å². The lowest BCUT2D eigenvalue weighted by atomic mass is 10.0. The Morgan fingerprint density at radius 1 is 1.26 bits per heavy atom. The number of H-pyrrole nitrogens is 1. The summed E-state index contributed by atoms with van der Waals surface area (Å²) in [5.74, 6) is 1.14. The van der Waals surface area contributed by atoms with E-state index in [9.17, 15) is 9.59 Å². The molecule has 2 N–H and O–H groups in total. The molecule has 0 radical (unpaired) electrons. The maximum absolute atomic E-state index is 12.1. The van der Waals surface area contributed by atoms with Crippen LogP contribution in [0.2, 0.25) is 0 Å². The van der Waals surface area contributed by atoms with Crippen molar-refractivity contribution in [2.24, 2.45) is 0 Å². The quantitative estimate of drug-likeness (QED) is 0.519. The average Bonchev–Trinajstić information content (AvgIpc) is 3.35. The van der Waals surface area contributed by atoms with Crippen LogP contribution in [0.1, 0.15) is 26.2 Å². The number of nitrogens with one attached hydrogen (secondary N) is 2. The zero-order valence-electron chi connectivity index (χ0n) is 19.8. The summed E-state index contributed by atoms with van der Waals surface area (Å²) in [5.41, 5.74) is 2.91. The summed E-state index contributed by atoms with van der Waals surface area (Å²) in [6.07, 6.45) is 5.28. The lowest BCUT2D eigenvalue weighted by Crippen LogP contribution is -2.48. The number of nitrogens with zero attached hydrogens (tertiary/aromatic N) is 6. The Bertz CT molecular complexity index is 1190. The maximum Gasteiger partial charge on any atom is 0.246 e. The third-order valence-corrected chi connectivity index (χ3v) is 6.22. The number of anilines is 4. The molecule has 178 valence electrons. The molecule has 4 rings (SSSR count). The molecule has 3 aromatic rings. The number of rotatable bonds is 7. The summed E-state index contributed by atoms with van der Waals surface area (Å²) in [6, 6.07) is 7.64. The summed E-state index contributed by atoms with van der Waals surface area (Å²) in [6.45, 7) is 6.79. The molecule has 0 saturated carbocycles. The van der Waals surface area contributed by atoms with E-state index in [0.717, 1.165) is 36.3 Å². The van der Waals surface area contributed by atoms with Crippen molar-refractivity contribution in [3.05, 3.63) is 43.2 Å². The summed E-state index contributed by atoms with van der Waals surface area (Å²) >= 11 is 0. The molecule has 1 aliphatic heterocycles. The van der Waals surface area contributed by atoms with Crippen LogP contribution in [-0.2, 0) is 9.59 Å². The first-order chi connectivity index (χ1) is 16.4. The number of benzene rings is 1. The third kappa shape index (κ3) is 4.70. The van der Waals surface area contributed by atoms with E-state index in [1.54, 1.807) is 18.3 Å². The molecule has 1 atom stereocenters. The molecule has 2 amide bonds. The molecule has 3 heterocycles. The van der Waals surface area contributed by atoms with Gasteiger partial charge in [0.2, 0.25) is 17.8 Å². The van der Waals surface area contributed by atoms with Crippen molar-refractivity contribution >= 4 is 46.1 Å². The zero-order valence-corrected chi connectivity index (χ0v) is 19.8. The van der Waals surface area contributed by atoms with Gasteiger partial charge in [-0.2, -0.15) is 9.97 Å². The number of hydrogen-bond donors (Lipinski definition) is 2. The first-order valence-electron chi connectivity index (χ1n) is 11.4. The number of aromatic nitrogens is 4. The molecule has 1 saturated heterocycles. The predicted molar refractivity (Wildman–Crippen MR) is 133 cm³/mol. The smallest absolute Gasteiger partial charge is 0.246 e. The van der Waals surface area contributed by atoms with Gasteiger partial charge in [-0.3, -0.25) is 9.59 Å². The molecule has 1 fully saturated rings. The van der Waals surface area contributed by atoms with Gasteiger partial charge in [0.15, 0.2) is 11.5 Å². The molecule has 10 heteroatoms. The minimum Gasteiger partial charge on any atom is -0.353 e. The van der Waals surface area contributed by atoms with Gasteiger partial charge < -0.3 is 25.0 Å².